The summed E-state index contributed by atoms with van der Waals surface area (Å²) in [5.74, 6) is 1.47. The summed E-state index contributed by atoms with van der Waals surface area (Å²) < 4.78 is 5.76. The van der Waals surface area contributed by atoms with Gasteiger partial charge in [0.2, 0.25) is 5.91 Å². The summed E-state index contributed by atoms with van der Waals surface area (Å²) in [6.45, 7) is 8.20. The first-order valence-corrected chi connectivity index (χ1v) is 8.21. The highest BCUT2D eigenvalue weighted by molar-refractivity contribution is 5.76. The number of carbonyl (C=O) groups excluding carboxylic acids is 1. The van der Waals surface area contributed by atoms with Crippen LogP contribution in [0.5, 0.6) is 5.75 Å². The average Bonchev–Trinajstić information content (AvgIpc) is 2.49. The lowest BCUT2D eigenvalue weighted by Crippen LogP contribution is -2.45. The van der Waals surface area contributed by atoms with Crippen LogP contribution in [0.4, 0.5) is 0 Å². The molecule has 2 rings (SSSR count). The molecule has 1 fully saturated rings. The molecule has 22 heavy (non-hydrogen) atoms. The van der Waals surface area contributed by atoms with Crippen molar-refractivity contribution in [3.05, 3.63) is 29.3 Å². The van der Waals surface area contributed by atoms with Crippen LogP contribution in [-0.2, 0) is 4.79 Å². The number of ether oxygens (including phenoxy) is 1. The highest BCUT2D eigenvalue weighted by Crippen LogP contribution is 2.21. The number of aryl methyl sites for hydroxylation is 2. The van der Waals surface area contributed by atoms with Gasteiger partial charge in [-0.05, 0) is 51.2 Å². The van der Waals surface area contributed by atoms with Crippen LogP contribution in [0, 0.1) is 19.8 Å². The lowest BCUT2D eigenvalue weighted by molar-refractivity contribution is -0.133. The molecule has 1 aliphatic rings. The Kier molecular flexibility index (Phi) is 5.83. The van der Waals surface area contributed by atoms with Gasteiger partial charge < -0.3 is 15.4 Å². The largest absolute Gasteiger partial charge is 0.493 e. The molecule has 2 N–H and O–H groups in total. The first-order chi connectivity index (χ1) is 10.5. The zero-order chi connectivity index (χ0) is 16.1. The Hall–Kier alpha value is -1.55. The zero-order valence-electron chi connectivity index (χ0n) is 14.0. The number of hydrogen-bond acceptors (Lipinski definition) is 3. The van der Waals surface area contributed by atoms with Crippen molar-refractivity contribution in [2.24, 2.45) is 11.7 Å². The van der Waals surface area contributed by atoms with Crippen LogP contribution in [0.3, 0.4) is 0 Å². The third-order valence-electron chi connectivity index (χ3n) is 4.46. The molecule has 0 radical (unpaired) electrons. The van der Waals surface area contributed by atoms with Crippen molar-refractivity contribution in [3.8, 4) is 5.75 Å². The molecule has 0 aliphatic carbocycles. The van der Waals surface area contributed by atoms with Crippen LogP contribution in [0.25, 0.3) is 0 Å². The quantitative estimate of drug-likeness (QED) is 0.910. The van der Waals surface area contributed by atoms with Gasteiger partial charge >= 0.3 is 0 Å². The number of benzene rings is 1. The third-order valence-corrected chi connectivity index (χ3v) is 4.46. The summed E-state index contributed by atoms with van der Waals surface area (Å²) in [6, 6.07) is 6.25. The van der Waals surface area contributed by atoms with Crippen LogP contribution < -0.4 is 10.5 Å². The summed E-state index contributed by atoms with van der Waals surface area (Å²) in [5, 5.41) is 0. The van der Waals surface area contributed by atoms with E-state index in [9.17, 15) is 4.79 Å². The SMILES string of the molecule is Cc1ccc(OCCC(=O)N2CCC[C@H]([C@H](C)N)C2)c(C)c1. The molecule has 1 saturated heterocycles. The second kappa shape index (κ2) is 7.63. The second-order valence-electron chi connectivity index (χ2n) is 6.47. The number of piperidine rings is 1. The molecule has 1 heterocycles. The zero-order valence-corrected chi connectivity index (χ0v) is 14.0. The van der Waals surface area contributed by atoms with Crippen molar-refractivity contribution in [2.75, 3.05) is 19.7 Å². The maximum absolute atomic E-state index is 12.3. The smallest absolute Gasteiger partial charge is 0.226 e. The predicted molar refractivity (Wildman–Crippen MR) is 89.0 cm³/mol. The van der Waals surface area contributed by atoms with Crippen LogP contribution in [0.1, 0.15) is 37.3 Å². The minimum atomic E-state index is 0.155. The van der Waals surface area contributed by atoms with E-state index in [1.54, 1.807) is 0 Å². The molecule has 4 heteroatoms. The van der Waals surface area contributed by atoms with Crippen molar-refractivity contribution in [1.82, 2.24) is 4.90 Å². The van der Waals surface area contributed by atoms with Gasteiger partial charge in [0.15, 0.2) is 0 Å². The molecule has 122 valence electrons. The van der Waals surface area contributed by atoms with E-state index >= 15 is 0 Å². The summed E-state index contributed by atoms with van der Waals surface area (Å²) in [5.41, 5.74) is 8.30. The number of hydrogen-bond donors (Lipinski definition) is 1. The monoisotopic (exact) mass is 304 g/mol. The topological polar surface area (TPSA) is 55.6 Å². The van der Waals surface area contributed by atoms with E-state index in [0.717, 1.165) is 37.2 Å². The first kappa shape index (κ1) is 16.8. The number of likely N-dealkylation sites (tertiary alicyclic amines) is 1. The van der Waals surface area contributed by atoms with E-state index in [2.05, 4.69) is 13.0 Å². The van der Waals surface area contributed by atoms with E-state index in [-0.39, 0.29) is 11.9 Å². The number of nitrogens with two attached hydrogens (primary N) is 1. The third kappa shape index (κ3) is 4.47. The molecule has 0 spiro atoms. The number of nitrogens with zero attached hydrogens (tertiary/aromatic N) is 1. The van der Waals surface area contributed by atoms with Gasteiger partial charge in [-0.25, -0.2) is 0 Å². The maximum atomic E-state index is 12.3. The fourth-order valence-electron chi connectivity index (χ4n) is 3.03. The molecule has 0 unspecified atom stereocenters. The Morgan fingerprint density at radius 3 is 2.91 bits per heavy atom. The normalized spacial score (nSPS) is 19.8. The Balaban J connectivity index is 1.80. The first-order valence-electron chi connectivity index (χ1n) is 8.21. The summed E-state index contributed by atoms with van der Waals surface area (Å²) in [7, 11) is 0. The van der Waals surface area contributed by atoms with E-state index in [1.807, 2.05) is 30.9 Å². The van der Waals surface area contributed by atoms with Gasteiger partial charge in [-0.3, -0.25) is 4.79 Å². The van der Waals surface area contributed by atoms with Gasteiger partial charge in [0, 0.05) is 19.1 Å². The molecular weight excluding hydrogens is 276 g/mol. The predicted octanol–water partition coefficient (Wildman–Crippen LogP) is 2.66. The van der Waals surface area contributed by atoms with Gasteiger partial charge in [-0.1, -0.05) is 17.7 Å². The Bertz CT molecular complexity index is 514. The van der Waals surface area contributed by atoms with Crippen molar-refractivity contribution in [3.63, 3.8) is 0 Å². The highest BCUT2D eigenvalue weighted by atomic mass is 16.5. The number of carbonyl (C=O) groups is 1. The minimum Gasteiger partial charge on any atom is -0.493 e. The highest BCUT2D eigenvalue weighted by Gasteiger charge is 2.25. The standard InChI is InChI=1S/C18H28N2O2/c1-13-6-7-17(14(2)11-13)22-10-8-18(21)20-9-4-5-16(12-20)15(3)19/h6-7,11,15-16H,4-5,8-10,12,19H2,1-3H3/t15-,16-/m0/s1. The Labute approximate surface area is 133 Å². The lowest BCUT2D eigenvalue weighted by Gasteiger charge is -2.34. The van der Waals surface area contributed by atoms with E-state index in [4.69, 9.17) is 10.5 Å². The molecule has 1 amide bonds. The fourth-order valence-corrected chi connectivity index (χ4v) is 3.03. The number of amides is 1. The van der Waals surface area contributed by atoms with Gasteiger partial charge in [0.05, 0.1) is 13.0 Å². The number of rotatable bonds is 5. The average molecular weight is 304 g/mol. The minimum absolute atomic E-state index is 0.155. The van der Waals surface area contributed by atoms with Crippen molar-refractivity contribution < 1.29 is 9.53 Å². The van der Waals surface area contributed by atoms with Crippen LogP contribution >= 0.6 is 0 Å². The molecule has 0 bridgehead atoms. The van der Waals surface area contributed by atoms with Gasteiger partial charge in [-0.15, -0.1) is 0 Å². The molecule has 1 aliphatic heterocycles. The maximum Gasteiger partial charge on any atom is 0.226 e. The molecule has 0 saturated carbocycles. The Morgan fingerprint density at radius 1 is 1.45 bits per heavy atom. The van der Waals surface area contributed by atoms with Gasteiger partial charge in [-0.2, -0.15) is 0 Å². The van der Waals surface area contributed by atoms with E-state index in [1.165, 1.54) is 5.56 Å². The van der Waals surface area contributed by atoms with Crippen LogP contribution in [-0.4, -0.2) is 36.5 Å². The van der Waals surface area contributed by atoms with Gasteiger partial charge in [0.1, 0.15) is 5.75 Å². The van der Waals surface area contributed by atoms with Crippen molar-refractivity contribution >= 4 is 5.91 Å². The van der Waals surface area contributed by atoms with Crippen LogP contribution in [0.15, 0.2) is 18.2 Å². The van der Waals surface area contributed by atoms with Crippen LogP contribution in [0.2, 0.25) is 0 Å². The Morgan fingerprint density at radius 2 is 2.23 bits per heavy atom. The summed E-state index contributed by atoms with van der Waals surface area (Å²) >= 11 is 0. The van der Waals surface area contributed by atoms with E-state index < -0.39 is 0 Å². The second-order valence-corrected chi connectivity index (χ2v) is 6.47. The molecule has 4 nitrogen and oxygen atoms in total. The van der Waals surface area contributed by atoms with Crippen molar-refractivity contribution in [1.29, 1.82) is 0 Å². The summed E-state index contributed by atoms with van der Waals surface area (Å²) in [4.78, 5) is 14.2. The molecule has 1 aromatic rings. The van der Waals surface area contributed by atoms with Crippen molar-refractivity contribution in [2.45, 2.75) is 46.1 Å². The summed E-state index contributed by atoms with van der Waals surface area (Å²) in [6.07, 6.45) is 2.61. The lowest BCUT2D eigenvalue weighted by atomic mass is 9.92. The van der Waals surface area contributed by atoms with Gasteiger partial charge in [0.25, 0.3) is 0 Å². The molecular formula is C18H28N2O2. The fraction of sp³-hybridized carbons (Fsp3) is 0.611. The van der Waals surface area contributed by atoms with E-state index in [0.29, 0.717) is 18.9 Å². The molecule has 0 aromatic heterocycles. The molecule has 1 aromatic carbocycles. The molecule has 2 atom stereocenters.